The van der Waals surface area contributed by atoms with Gasteiger partial charge in [0.25, 0.3) is 0 Å². The summed E-state index contributed by atoms with van der Waals surface area (Å²) in [5, 5.41) is 11.6. The topological polar surface area (TPSA) is 42.3 Å². The van der Waals surface area contributed by atoms with E-state index in [1.165, 1.54) is 5.56 Å². The third kappa shape index (κ3) is 3.42. The molecule has 1 aliphatic heterocycles. The lowest BCUT2D eigenvalue weighted by Gasteiger charge is -2.35. The van der Waals surface area contributed by atoms with Gasteiger partial charge >= 0.3 is 0 Å². The van der Waals surface area contributed by atoms with E-state index in [0.717, 1.165) is 32.7 Å². The summed E-state index contributed by atoms with van der Waals surface area (Å²) < 4.78 is 0. The Hall–Kier alpha value is -1.64. The zero-order chi connectivity index (χ0) is 12.8. The van der Waals surface area contributed by atoms with Crippen molar-refractivity contribution in [2.45, 2.75) is 6.54 Å². The highest BCUT2D eigenvalue weighted by molar-refractivity contribution is 7.80. The molecule has 1 aromatic carbocycles. The minimum absolute atomic E-state index is 0.539. The van der Waals surface area contributed by atoms with Crippen LogP contribution in [-0.4, -0.2) is 41.1 Å². The zero-order valence-electron chi connectivity index (χ0n) is 10.2. The van der Waals surface area contributed by atoms with Crippen LogP contribution >= 0.6 is 12.2 Å². The predicted octanol–water partition coefficient (Wildman–Crippen LogP) is 1.16. The predicted molar refractivity (Wildman–Crippen MR) is 74.6 cm³/mol. The van der Waals surface area contributed by atoms with Crippen molar-refractivity contribution in [1.82, 2.24) is 15.1 Å². The standard InChI is InChI=1S/C13H16N4S/c14-11-15-13(18)17-8-6-16(7-9-17)10-12-4-2-1-3-5-12/h1-5H,6-10H2,(H,15,18). The van der Waals surface area contributed by atoms with E-state index >= 15 is 0 Å². The molecule has 0 amide bonds. The molecule has 2 rings (SSSR count). The van der Waals surface area contributed by atoms with Crippen molar-refractivity contribution in [2.24, 2.45) is 0 Å². The Morgan fingerprint density at radius 2 is 1.89 bits per heavy atom. The molecule has 0 saturated carbocycles. The normalized spacial score (nSPS) is 16.1. The molecule has 0 spiro atoms. The van der Waals surface area contributed by atoms with E-state index in [1.54, 1.807) is 0 Å². The number of benzene rings is 1. The molecule has 1 heterocycles. The second-order valence-corrected chi connectivity index (χ2v) is 4.68. The summed E-state index contributed by atoms with van der Waals surface area (Å²) in [5.74, 6) is 0. The van der Waals surface area contributed by atoms with Crippen molar-refractivity contribution in [1.29, 1.82) is 5.26 Å². The van der Waals surface area contributed by atoms with Crippen LogP contribution in [-0.2, 0) is 6.54 Å². The number of hydrogen-bond acceptors (Lipinski definition) is 3. The van der Waals surface area contributed by atoms with Gasteiger partial charge in [0.05, 0.1) is 0 Å². The highest BCUT2D eigenvalue weighted by Gasteiger charge is 2.18. The fraction of sp³-hybridized carbons (Fsp3) is 0.385. The van der Waals surface area contributed by atoms with Gasteiger partial charge in [-0.25, -0.2) is 0 Å². The van der Waals surface area contributed by atoms with Gasteiger partial charge in [0, 0.05) is 32.7 Å². The molecule has 0 aromatic heterocycles. The van der Waals surface area contributed by atoms with Crippen LogP contribution in [0.1, 0.15) is 5.56 Å². The summed E-state index contributed by atoms with van der Waals surface area (Å²) in [6.45, 7) is 4.68. The van der Waals surface area contributed by atoms with Crippen molar-refractivity contribution >= 4 is 17.3 Å². The van der Waals surface area contributed by atoms with E-state index in [4.69, 9.17) is 17.5 Å². The van der Waals surface area contributed by atoms with Gasteiger partial charge in [-0.3, -0.25) is 10.2 Å². The third-order valence-electron chi connectivity index (χ3n) is 3.07. The van der Waals surface area contributed by atoms with Crippen LogP contribution in [0.15, 0.2) is 30.3 Å². The zero-order valence-corrected chi connectivity index (χ0v) is 11.0. The Morgan fingerprint density at radius 1 is 1.22 bits per heavy atom. The maximum atomic E-state index is 8.53. The fourth-order valence-electron chi connectivity index (χ4n) is 2.08. The number of nitriles is 1. The maximum absolute atomic E-state index is 8.53. The van der Waals surface area contributed by atoms with Gasteiger partial charge in [0.2, 0.25) is 0 Å². The summed E-state index contributed by atoms with van der Waals surface area (Å²) >= 11 is 5.12. The minimum Gasteiger partial charge on any atom is -0.346 e. The Balaban J connectivity index is 1.81. The molecule has 0 radical (unpaired) electrons. The van der Waals surface area contributed by atoms with Crippen molar-refractivity contribution < 1.29 is 0 Å². The maximum Gasteiger partial charge on any atom is 0.183 e. The summed E-state index contributed by atoms with van der Waals surface area (Å²) in [4.78, 5) is 4.45. The Morgan fingerprint density at radius 3 is 2.50 bits per heavy atom. The van der Waals surface area contributed by atoms with Gasteiger partial charge in [-0.2, -0.15) is 5.26 Å². The first-order chi connectivity index (χ1) is 8.79. The molecule has 0 bridgehead atoms. The van der Waals surface area contributed by atoms with E-state index in [0.29, 0.717) is 5.11 Å². The van der Waals surface area contributed by atoms with Gasteiger partial charge in [-0.05, 0) is 17.8 Å². The molecule has 1 N–H and O–H groups in total. The lowest BCUT2D eigenvalue weighted by atomic mass is 10.2. The molecular weight excluding hydrogens is 244 g/mol. The third-order valence-corrected chi connectivity index (χ3v) is 3.43. The van der Waals surface area contributed by atoms with Gasteiger partial charge in [0.15, 0.2) is 11.3 Å². The quantitative estimate of drug-likeness (QED) is 0.491. The number of thiocarbonyl (C=S) groups is 1. The Kier molecular flexibility index (Phi) is 4.51. The smallest absolute Gasteiger partial charge is 0.183 e. The van der Waals surface area contributed by atoms with Crippen molar-refractivity contribution in [3.63, 3.8) is 0 Å². The van der Waals surface area contributed by atoms with Crippen LogP contribution in [0, 0.1) is 11.5 Å². The fourth-order valence-corrected chi connectivity index (χ4v) is 2.31. The summed E-state index contributed by atoms with van der Waals surface area (Å²) in [6, 6.07) is 10.5. The van der Waals surface area contributed by atoms with E-state index in [-0.39, 0.29) is 0 Å². The molecule has 5 heteroatoms. The van der Waals surface area contributed by atoms with Gasteiger partial charge in [-0.1, -0.05) is 30.3 Å². The molecule has 4 nitrogen and oxygen atoms in total. The van der Waals surface area contributed by atoms with Gasteiger partial charge in [-0.15, -0.1) is 0 Å². The lowest BCUT2D eigenvalue weighted by Crippen LogP contribution is -2.50. The van der Waals surface area contributed by atoms with E-state index in [2.05, 4.69) is 34.5 Å². The Bertz CT molecular complexity index is 432. The van der Waals surface area contributed by atoms with Crippen LogP contribution < -0.4 is 5.32 Å². The van der Waals surface area contributed by atoms with Crippen molar-refractivity contribution in [3.05, 3.63) is 35.9 Å². The van der Waals surface area contributed by atoms with Gasteiger partial charge < -0.3 is 4.90 Å². The molecule has 1 aromatic rings. The number of nitrogens with one attached hydrogen (secondary N) is 1. The first-order valence-electron chi connectivity index (χ1n) is 6.00. The largest absolute Gasteiger partial charge is 0.346 e. The average molecular weight is 260 g/mol. The van der Waals surface area contributed by atoms with E-state index < -0.39 is 0 Å². The molecule has 1 fully saturated rings. The van der Waals surface area contributed by atoms with Crippen molar-refractivity contribution in [2.75, 3.05) is 26.2 Å². The highest BCUT2D eigenvalue weighted by atomic mass is 32.1. The second-order valence-electron chi connectivity index (χ2n) is 4.29. The SMILES string of the molecule is N#CNC(=S)N1CCN(Cc2ccccc2)CC1. The Labute approximate surface area is 113 Å². The van der Waals surface area contributed by atoms with Crippen molar-refractivity contribution in [3.8, 4) is 6.19 Å². The number of hydrogen-bond donors (Lipinski definition) is 1. The number of piperazine rings is 1. The molecular formula is C13H16N4S. The van der Waals surface area contributed by atoms with Crippen LogP contribution in [0.4, 0.5) is 0 Å². The van der Waals surface area contributed by atoms with Gasteiger partial charge in [0.1, 0.15) is 0 Å². The second kappa shape index (κ2) is 6.34. The molecule has 0 atom stereocenters. The molecule has 0 unspecified atom stereocenters. The number of nitrogens with zero attached hydrogens (tertiary/aromatic N) is 3. The first kappa shape index (κ1) is 12.8. The van der Waals surface area contributed by atoms with Crippen LogP contribution in [0.3, 0.4) is 0 Å². The average Bonchev–Trinajstić information content (AvgIpc) is 2.41. The molecule has 94 valence electrons. The first-order valence-corrected chi connectivity index (χ1v) is 6.40. The summed E-state index contributed by atoms with van der Waals surface area (Å²) in [7, 11) is 0. The van der Waals surface area contributed by atoms with Crippen LogP contribution in [0.2, 0.25) is 0 Å². The highest BCUT2D eigenvalue weighted by Crippen LogP contribution is 2.08. The van der Waals surface area contributed by atoms with Crippen LogP contribution in [0.25, 0.3) is 0 Å². The molecule has 1 saturated heterocycles. The monoisotopic (exact) mass is 260 g/mol. The molecule has 1 aliphatic rings. The summed E-state index contributed by atoms with van der Waals surface area (Å²) in [5.41, 5.74) is 1.34. The summed E-state index contributed by atoms with van der Waals surface area (Å²) in [6.07, 6.45) is 1.87. The molecule has 18 heavy (non-hydrogen) atoms. The lowest BCUT2D eigenvalue weighted by molar-refractivity contribution is 0.175. The minimum atomic E-state index is 0.539. The number of rotatable bonds is 2. The van der Waals surface area contributed by atoms with Crippen LogP contribution in [0.5, 0.6) is 0 Å². The van der Waals surface area contributed by atoms with E-state index in [1.807, 2.05) is 17.2 Å². The van der Waals surface area contributed by atoms with E-state index in [9.17, 15) is 0 Å². The molecule has 0 aliphatic carbocycles.